The van der Waals surface area contributed by atoms with E-state index in [9.17, 15) is 9.90 Å². The van der Waals surface area contributed by atoms with Crippen LogP contribution in [-0.2, 0) is 4.74 Å². The summed E-state index contributed by atoms with van der Waals surface area (Å²) in [5.74, 6) is 0. The highest BCUT2D eigenvalue weighted by molar-refractivity contribution is 5.88. The van der Waals surface area contributed by atoms with Gasteiger partial charge in [-0.15, -0.1) is 0 Å². The van der Waals surface area contributed by atoms with Crippen LogP contribution in [0.15, 0.2) is 4.99 Å². The number of aliphatic imine (C=N–C) groups is 1. The number of aliphatic hydroxyl groups is 1. The van der Waals surface area contributed by atoms with Crippen molar-refractivity contribution in [1.29, 1.82) is 0 Å². The van der Waals surface area contributed by atoms with Crippen LogP contribution >= 0.6 is 0 Å². The van der Waals surface area contributed by atoms with E-state index >= 15 is 0 Å². The molecule has 1 aliphatic rings. The Labute approximate surface area is 70.0 Å². The van der Waals surface area contributed by atoms with Crippen LogP contribution in [0.25, 0.3) is 0 Å². The van der Waals surface area contributed by atoms with Crippen molar-refractivity contribution in [2.45, 2.75) is 6.35 Å². The number of hydrogen-bond acceptors (Lipinski definition) is 4. The molecule has 0 saturated carbocycles. The Morgan fingerprint density at radius 3 is 2.58 bits per heavy atom. The fourth-order valence-corrected chi connectivity index (χ4v) is 0.878. The maximum atomic E-state index is 11.0. The van der Waals surface area contributed by atoms with Crippen LogP contribution in [-0.4, -0.2) is 54.5 Å². The molecular formula is C6H11N3O3. The second-order valence-electron chi connectivity index (χ2n) is 2.44. The number of aliphatic hydroxyl groups excluding tert-OH is 1. The first-order valence-corrected chi connectivity index (χ1v) is 3.40. The molecule has 1 heterocycles. The topological polar surface area (TPSA) is 65.4 Å². The van der Waals surface area contributed by atoms with Gasteiger partial charge < -0.3 is 9.84 Å². The third kappa shape index (κ3) is 1.20. The molecule has 1 unspecified atom stereocenters. The summed E-state index contributed by atoms with van der Waals surface area (Å²) in [4.78, 5) is 17.0. The van der Waals surface area contributed by atoms with Crippen LogP contribution < -0.4 is 0 Å². The quantitative estimate of drug-likeness (QED) is 0.524. The van der Waals surface area contributed by atoms with Gasteiger partial charge in [-0.2, -0.15) is 0 Å². The lowest BCUT2D eigenvalue weighted by Gasteiger charge is -2.36. The van der Waals surface area contributed by atoms with Gasteiger partial charge in [0.2, 0.25) is 6.35 Å². The number of amides is 1. The van der Waals surface area contributed by atoms with Gasteiger partial charge in [0.05, 0.1) is 0 Å². The third-order valence-electron chi connectivity index (χ3n) is 1.65. The zero-order chi connectivity index (χ0) is 9.30. The van der Waals surface area contributed by atoms with E-state index in [-0.39, 0.29) is 6.02 Å². The summed E-state index contributed by atoms with van der Waals surface area (Å²) in [6.45, 7) is 0. The number of nitrogens with zero attached hydrogens (tertiary/aromatic N) is 3. The molecule has 1 atom stereocenters. The van der Waals surface area contributed by atoms with E-state index < -0.39 is 12.4 Å². The number of amidine groups is 1. The first-order chi connectivity index (χ1) is 5.57. The third-order valence-corrected chi connectivity index (χ3v) is 1.65. The van der Waals surface area contributed by atoms with Gasteiger partial charge in [-0.3, -0.25) is 9.80 Å². The smallest absolute Gasteiger partial charge is 0.376 e. The molecule has 1 N–H and O–H groups in total. The van der Waals surface area contributed by atoms with E-state index in [2.05, 4.69) is 4.99 Å². The molecule has 6 heteroatoms. The summed E-state index contributed by atoms with van der Waals surface area (Å²) >= 11 is 0. The largest absolute Gasteiger partial charge is 0.420 e. The normalized spacial score (nSPS) is 27.8. The Morgan fingerprint density at radius 2 is 2.08 bits per heavy atom. The molecule has 0 aromatic rings. The van der Waals surface area contributed by atoms with Gasteiger partial charge in [-0.25, -0.2) is 9.79 Å². The van der Waals surface area contributed by atoms with E-state index in [1.165, 1.54) is 19.0 Å². The maximum Gasteiger partial charge on any atom is 0.420 e. The average Bonchev–Trinajstić information content (AvgIpc) is 2.08. The van der Waals surface area contributed by atoms with Crippen LogP contribution in [0, 0.1) is 0 Å². The zero-order valence-corrected chi connectivity index (χ0v) is 7.18. The summed E-state index contributed by atoms with van der Waals surface area (Å²) in [6, 6.07) is 0.116. The highest BCUT2D eigenvalue weighted by Crippen LogP contribution is 2.09. The fraction of sp³-hybridized carbons (Fsp3) is 0.667. The number of cyclic esters (lactones) is 1. The van der Waals surface area contributed by atoms with Crippen LogP contribution in [0.1, 0.15) is 0 Å². The summed E-state index contributed by atoms with van der Waals surface area (Å²) < 4.78 is 4.73. The Balaban J connectivity index is 2.85. The molecule has 0 aliphatic carbocycles. The molecule has 12 heavy (non-hydrogen) atoms. The van der Waals surface area contributed by atoms with Crippen molar-refractivity contribution in [3.05, 3.63) is 0 Å². The van der Waals surface area contributed by atoms with Crippen LogP contribution in [0.3, 0.4) is 0 Å². The number of hydrogen-bond donors (Lipinski definition) is 1. The van der Waals surface area contributed by atoms with E-state index in [1.54, 1.807) is 7.05 Å². The standard InChI is InChI=1S/C6H11N3O3/c1-7-4-8(2)5(10)9(3)6(11)12-4/h5,10H,1-3H3. The minimum absolute atomic E-state index is 0.116. The predicted octanol–water partition coefficient (Wildman–Crippen LogP) is -0.738. The minimum atomic E-state index is -1.01. The highest BCUT2D eigenvalue weighted by atomic mass is 16.6. The Bertz CT molecular complexity index is 228. The summed E-state index contributed by atoms with van der Waals surface area (Å²) in [5, 5.41) is 9.39. The molecule has 1 fully saturated rings. The van der Waals surface area contributed by atoms with E-state index in [0.717, 1.165) is 4.90 Å². The molecule has 1 rings (SSSR count). The van der Waals surface area contributed by atoms with Crippen molar-refractivity contribution in [3.8, 4) is 0 Å². The van der Waals surface area contributed by atoms with E-state index in [1.807, 2.05) is 0 Å². The van der Waals surface area contributed by atoms with Gasteiger partial charge in [0.15, 0.2) is 0 Å². The van der Waals surface area contributed by atoms with Gasteiger partial charge in [0.25, 0.3) is 6.02 Å². The Kier molecular flexibility index (Phi) is 2.18. The lowest BCUT2D eigenvalue weighted by molar-refractivity contribution is -0.0726. The molecule has 0 aromatic heterocycles. The highest BCUT2D eigenvalue weighted by Gasteiger charge is 2.32. The summed E-state index contributed by atoms with van der Waals surface area (Å²) in [5.41, 5.74) is 0. The SMILES string of the molecule is CN=C1OC(=O)N(C)C(O)N1C. The average molecular weight is 173 g/mol. The molecule has 1 saturated heterocycles. The summed E-state index contributed by atoms with van der Waals surface area (Å²) in [6.07, 6.45) is -1.62. The molecule has 6 nitrogen and oxygen atoms in total. The molecule has 1 aliphatic heterocycles. The van der Waals surface area contributed by atoms with Crippen molar-refractivity contribution in [1.82, 2.24) is 9.80 Å². The van der Waals surface area contributed by atoms with Crippen LogP contribution in [0.2, 0.25) is 0 Å². The molecular weight excluding hydrogens is 162 g/mol. The number of carbonyl (C=O) groups excluding carboxylic acids is 1. The predicted molar refractivity (Wildman–Crippen MR) is 41.4 cm³/mol. The molecule has 0 bridgehead atoms. The minimum Gasteiger partial charge on any atom is -0.376 e. The van der Waals surface area contributed by atoms with Crippen molar-refractivity contribution in [3.63, 3.8) is 0 Å². The second-order valence-corrected chi connectivity index (χ2v) is 2.44. The summed E-state index contributed by atoms with van der Waals surface area (Å²) in [7, 11) is 4.50. The van der Waals surface area contributed by atoms with Crippen molar-refractivity contribution < 1.29 is 14.6 Å². The van der Waals surface area contributed by atoms with Crippen LogP contribution in [0.5, 0.6) is 0 Å². The lowest BCUT2D eigenvalue weighted by atomic mass is 10.6. The maximum absolute atomic E-state index is 11.0. The molecule has 1 amide bonds. The van der Waals surface area contributed by atoms with Gasteiger partial charge >= 0.3 is 6.09 Å². The lowest BCUT2D eigenvalue weighted by Crippen LogP contribution is -2.56. The van der Waals surface area contributed by atoms with Gasteiger partial charge in [0, 0.05) is 21.1 Å². The first-order valence-electron chi connectivity index (χ1n) is 3.40. The van der Waals surface area contributed by atoms with Crippen LogP contribution in [0.4, 0.5) is 4.79 Å². The van der Waals surface area contributed by atoms with Gasteiger partial charge in [-0.05, 0) is 0 Å². The Morgan fingerprint density at radius 1 is 1.50 bits per heavy atom. The molecule has 0 aromatic carbocycles. The fourth-order valence-electron chi connectivity index (χ4n) is 0.878. The number of rotatable bonds is 0. The van der Waals surface area contributed by atoms with Crippen molar-refractivity contribution in [2.75, 3.05) is 21.1 Å². The zero-order valence-electron chi connectivity index (χ0n) is 7.18. The van der Waals surface area contributed by atoms with Gasteiger partial charge in [0.1, 0.15) is 0 Å². The monoisotopic (exact) mass is 173 g/mol. The number of ether oxygens (including phenoxy) is 1. The van der Waals surface area contributed by atoms with Crippen molar-refractivity contribution >= 4 is 12.1 Å². The van der Waals surface area contributed by atoms with E-state index in [0.29, 0.717) is 0 Å². The molecule has 68 valence electrons. The number of carbonyl (C=O) groups is 1. The second kappa shape index (κ2) is 2.98. The van der Waals surface area contributed by atoms with E-state index in [4.69, 9.17) is 4.74 Å². The van der Waals surface area contributed by atoms with Crippen molar-refractivity contribution in [2.24, 2.45) is 4.99 Å². The Hall–Kier alpha value is -1.30. The molecule has 0 radical (unpaired) electrons. The molecule has 0 spiro atoms. The first kappa shape index (κ1) is 8.79. The van der Waals surface area contributed by atoms with Gasteiger partial charge in [-0.1, -0.05) is 0 Å².